The summed E-state index contributed by atoms with van der Waals surface area (Å²) < 4.78 is 26.9. The minimum Gasteiger partial charge on any atom is -0.359 e. The Bertz CT molecular complexity index is 584. The molecular formula is C12H20N4O3S. The van der Waals surface area contributed by atoms with E-state index < -0.39 is 15.4 Å². The topological polar surface area (TPSA) is 113 Å². The molecule has 0 saturated heterocycles. The molecule has 5 N–H and O–H groups in total. The van der Waals surface area contributed by atoms with Gasteiger partial charge >= 0.3 is 0 Å². The molecule has 8 heteroatoms. The lowest BCUT2D eigenvalue weighted by Gasteiger charge is -2.23. The highest BCUT2D eigenvalue weighted by atomic mass is 32.2. The van der Waals surface area contributed by atoms with Crippen LogP contribution in [0.5, 0.6) is 0 Å². The third kappa shape index (κ3) is 3.69. The van der Waals surface area contributed by atoms with Gasteiger partial charge in [0.25, 0.3) is 0 Å². The molecule has 1 rings (SSSR count). The summed E-state index contributed by atoms with van der Waals surface area (Å²) in [6.45, 7) is 3.29. The Morgan fingerprint density at radius 1 is 1.30 bits per heavy atom. The molecule has 0 aromatic heterocycles. The van der Waals surface area contributed by atoms with Crippen LogP contribution in [0.2, 0.25) is 0 Å². The summed E-state index contributed by atoms with van der Waals surface area (Å²) in [6, 6.07) is 6.25. The molecule has 0 bridgehead atoms. The number of benzene rings is 1. The van der Waals surface area contributed by atoms with Crippen molar-refractivity contribution in [2.24, 2.45) is 11.3 Å². The molecule has 0 aliphatic heterocycles. The van der Waals surface area contributed by atoms with E-state index in [2.05, 4.69) is 15.5 Å². The van der Waals surface area contributed by atoms with E-state index in [0.29, 0.717) is 0 Å². The first-order chi connectivity index (χ1) is 9.24. The molecule has 0 fully saturated rings. The van der Waals surface area contributed by atoms with Crippen molar-refractivity contribution in [3.8, 4) is 0 Å². The van der Waals surface area contributed by atoms with Gasteiger partial charge in [-0.1, -0.05) is 12.1 Å². The van der Waals surface area contributed by atoms with Crippen LogP contribution < -0.4 is 21.3 Å². The third-order valence-corrected chi connectivity index (χ3v) is 4.34. The first-order valence-electron chi connectivity index (χ1n) is 6.02. The van der Waals surface area contributed by atoms with Gasteiger partial charge in [-0.05, 0) is 26.0 Å². The largest absolute Gasteiger partial charge is 0.359 e. The zero-order valence-electron chi connectivity index (χ0n) is 11.7. The number of sulfonamides is 1. The molecule has 0 atom stereocenters. The minimum atomic E-state index is -3.75. The van der Waals surface area contributed by atoms with E-state index in [1.54, 1.807) is 32.0 Å². The fourth-order valence-electron chi connectivity index (χ4n) is 1.59. The highest BCUT2D eigenvalue weighted by Crippen LogP contribution is 2.21. The van der Waals surface area contributed by atoms with Gasteiger partial charge in [-0.2, -0.15) is 0 Å². The number of hydrogen-bond donors (Lipinski definition) is 4. The Hall–Kier alpha value is -1.64. The summed E-state index contributed by atoms with van der Waals surface area (Å²) in [6.07, 6.45) is 0. The summed E-state index contributed by atoms with van der Waals surface area (Å²) in [7, 11) is -2.24. The SMILES string of the molecule is CNC(=O)C(C)(C)CNS(=O)(=O)c1ccccc1NN. The number of nitrogens with two attached hydrogens (primary N) is 1. The molecule has 0 heterocycles. The molecule has 0 aliphatic carbocycles. The Labute approximate surface area is 119 Å². The van der Waals surface area contributed by atoms with E-state index in [-0.39, 0.29) is 23.0 Å². The van der Waals surface area contributed by atoms with Gasteiger partial charge in [0, 0.05) is 13.6 Å². The number of anilines is 1. The maximum Gasteiger partial charge on any atom is 0.242 e. The normalized spacial score (nSPS) is 12.0. The van der Waals surface area contributed by atoms with Crippen LogP contribution in [0.3, 0.4) is 0 Å². The van der Waals surface area contributed by atoms with Gasteiger partial charge in [0.2, 0.25) is 15.9 Å². The predicted octanol–water partition coefficient (Wildman–Crippen LogP) is 0.0227. The van der Waals surface area contributed by atoms with E-state index >= 15 is 0 Å². The highest BCUT2D eigenvalue weighted by Gasteiger charge is 2.29. The van der Waals surface area contributed by atoms with E-state index in [1.807, 2.05) is 0 Å². The number of hydrogen-bond acceptors (Lipinski definition) is 5. The number of nitrogen functional groups attached to an aromatic ring is 1. The second-order valence-electron chi connectivity index (χ2n) is 4.93. The van der Waals surface area contributed by atoms with E-state index in [1.165, 1.54) is 13.1 Å². The van der Waals surface area contributed by atoms with E-state index in [9.17, 15) is 13.2 Å². The van der Waals surface area contributed by atoms with E-state index in [0.717, 1.165) is 0 Å². The van der Waals surface area contributed by atoms with Gasteiger partial charge in [0.1, 0.15) is 4.90 Å². The summed E-state index contributed by atoms with van der Waals surface area (Å²) in [4.78, 5) is 11.7. The first kappa shape index (κ1) is 16.4. The highest BCUT2D eigenvalue weighted by molar-refractivity contribution is 7.89. The van der Waals surface area contributed by atoms with Crippen LogP contribution >= 0.6 is 0 Å². The Morgan fingerprint density at radius 3 is 2.45 bits per heavy atom. The van der Waals surface area contributed by atoms with Crippen molar-refractivity contribution in [3.05, 3.63) is 24.3 Å². The molecule has 1 aromatic carbocycles. The maximum absolute atomic E-state index is 12.2. The Kier molecular flexibility index (Phi) is 5.09. The number of nitrogens with one attached hydrogen (secondary N) is 3. The van der Waals surface area contributed by atoms with Crippen molar-refractivity contribution >= 4 is 21.6 Å². The van der Waals surface area contributed by atoms with Crippen molar-refractivity contribution in [2.45, 2.75) is 18.7 Å². The fourth-order valence-corrected chi connectivity index (χ4v) is 2.97. The second kappa shape index (κ2) is 6.21. The molecule has 0 unspecified atom stereocenters. The third-order valence-electron chi connectivity index (χ3n) is 2.88. The summed E-state index contributed by atoms with van der Waals surface area (Å²) in [5, 5.41) is 2.50. The van der Waals surface area contributed by atoms with Gasteiger partial charge in [0.15, 0.2) is 0 Å². The molecule has 1 amide bonds. The van der Waals surface area contributed by atoms with Gasteiger partial charge in [-0.3, -0.25) is 10.6 Å². The summed E-state index contributed by atoms with van der Waals surface area (Å²) in [5.41, 5.74) is 1.77. The number of carbonyl (C=O) groups is 1. The van der Waals surface area contributed by atoms with Crippen LogP contribution in [0, 0.1) is 5.41 Å². The second-order valence-corrected chi connectivity index (χ2v) is 6.66. The van der Waals surface area contributed by atoms with Crippen molar-refractivity contribution < 1.29 is 13.2 Å². The standard InChI is InChI=1S/C12H20N4O3S/c1-12(2,11(17)14-3)8-15-20(18,19)10-7-5-4-6-9(10)16-13/h4-7,15-16H,8,13H2,1-3H3,(H,14,17). The van der Waals surface area contributed by atoms with Crippen molar-refractivity contribution in [1.82, 2.24) is 10.0 Å². The van der Waals surface area contributed by atoms with Crippen LogP contribution in [0.4, 0.5) is 5.69 Å². The number of carbonyl (C=O) groups excluding carboxylic acids is 1. The van der Waals surface area contributed by atoms with Gasteiger partial charge in [-0.15, -0.1) is 0 Å². The lowest BCUT2D eigenvalue weighted by Crippen LogP contribution is -2.43. The molecule has 0 radical (unpaired) electrons. The maximum atomic E-state index is 12.2. The molecule has 0 saturated carbocycles. The lowest BCUT2D eigenvalue weighted by molar-refractivity contribution is -0.128. The predicted molar refractivity (Wildman–Crippen MR) is 77.3 cm³/mol. The Morgan fingerprint density at radius 2 is 1.90 bits per heavy atom. The van der Waals surface area contributed by atoms with Crippen LogP contribution in [-0.4, -0.2) is 27.9 Å². The lowest BCUT2D eigenvalue weighted by atomic mass is 9.93. The summed E-state index contributed by atoms with van der Waals surface area (Å²) in [5.74, 6) is 5.05. The molecule has 0 spiro atoms. The van der Waals surface area contributed by atoms with Gasteiger partial charge in [0.05, 0.1) is 11.1 Å². The average molecular weight is 300 g/mol. The zero-order valence-corrected chi connectivity index (χ0v) is 12.5. The minimum absolute atomic E-state index is 0.0199. The Balaban J connectivity index is 2.94. The number of rotatable bonds is 6. The number of para-hydroxylation sites is 1. The van der Waals surface area contributed by atoms with Crippen LogP contribution in [0.25, 0.3) is 0 Å². The van der Waals surface area contributed by atoms with E-state index in [4.69, 9.17) is 5.84 Å². The fraction of sp³-hybridized carbons (Fsp3) is 0.417. The number of amides is 1. The molecule has 7 nitrogen and oxygen atoms in total. The average Bonchev–Trinajstić information content (AvgIpc) is 2.44. The van der Waals surface area contributed by atoms with Crippen LogP contribution in [0.1, 0.15) is 13.8 Å². The molecular weight excluding hydrogens is 280 g/mol. The molecule has 112 valence electrons. The molecule has 0 aliphatic rings. The van der Waals surface area contributed by atoms with Crippen LogP contribution in [0.15, 0.2) is 29.2 Å². The zero-order chi connectivity index (χ0) is 15.4. The molecule has 20 heavy (non-hydrogen) atoms. The van der Waals surface area contributed by atoms with Crippen molar-refractivity contribution in [2.75, 3.05) is 19.0 Å². The monoisotopic (exact) mass is 300 g/mol. The van der Waals surface area contributed by atoms with Gasteiger partial charge < -0.3 is 10.7 Å². The molecule has 1 aromatic rings. The summed E-state index contributed by atoms with van der Waals surface area (Å²) >= 11 is 0. The van der Waals surface area contributed by atoms with Crippen molar-refractivity contribution in [1.29, 1.82) is 0 Å². The van der Waals surface area contributed by atoms with Gasteiger partial charge in [-0.25, -0.2) is 13.1 Å². The first-order valence-corrected chi connectivity index (χ1v) is 7.50. The quantitative estimate of drug-likeness (QED) is 0.437. The van der Waals surface area contributed by atoms with Crippen LogP contribution in [-0.2, 0) is 14.8 Å². The smallest absolute Gasteiger partial charge is 0.242 e. The van der Waals surface area contributed by atoms with Crippen molar-refractivity contribution in [3.63, 3.8) is 0 Å². The number of hydrazine groups is 1.